The first-order chi connectivity index (χ1) is 8.00. The molecule has 0 radical (unpaired) electrons. The van der Waals surface area contributed by atoms with E-state index in [0.717, 1.165) is 23.7 Å². The van der Waals surface area contributed by atoms with E-state index in [4.69, 9.17) is 5.73 Å². The zero-order chi connectivity index (χ0) is 12.8. The minimum atomic E-state index is 0.477. The van der Waals surface area contributed by atoms with E-state index < -0.39 is 0 Å². The second kappa shape index (κ2) is 7.38. The van der Waals surface area contributed by atoms with Gasteiger partial charge in [0.1, 0.15) is 0 Å². The van der Waals surface area contributed by atoms with Crippen LogP contribution in [-0.2, 0) is 0 Å². The van der Waals surface area contributed by atoms with Crippen LogP contribution in [0, 0.1) is 23.7 Å². The summed E-state index contributed by atoms with van der Waals surface area (Å²) in [6, 6.07) is 0.477. The Morgan fingerprint density at radius 1 is 1.00 bits per heavy atom. The second-order valence-electron chi connectivity index (χ2n) is 6.59. The van der Waals surface area contributed by atoms with E-state index in [9.17, 15) is 0 Å². The van der Waals surface area contributed by atoms with Crippen molar-refractivity contribution < 1.29 is 0 Å². The molecule has 1 aliphatic rings. The molecule has 17 heavy (non-hydrogen) atoms. The van der Waals surface area contributed by atoms with E-state index in [2.05, 4.69) is 33.0 Å². The van der Waals surface area contributed by atoms with Gasteiger partial charge >= 0.3 is 0 Å². The van der Waals surface area contributed by atoms with Crippen molar-refractivity contribution in [1.29, 1.82) is 0 Å². The monoisotopic (exact) mass is 240 g/mol. The van der Waals surface area contributed by atoms with E-state index in [1.165, 1.54) is 38.8 Å². The minimum absolute atomic E-state index is 0.477. The Hall–Kier alpha value is -0.0800. The van der Waals surface area contributed by atoms with Crippen LogP contribution in [0.1, 0.15) is 53.4 Å². The molecule has 0 atom stereocenters. The molecule has 0 amide bonds. The molecule has 1 fully saturated rings. The molecule has 0 aromatic carbocycles. The van der Waals surface area contributed by atoms with Gasteiger partial charge in [-0.05, 0) is 62.4 Å². The quantitative estimate of drug-likeness (QED) is 0.749. The molecule has 2 heteroatoms. The van der Waals surface area contributed by atoms with Crippen LogP contribution >= 0.6 is 0 Å². The Bertz CT molecular complexity index is 185. The van der Waals surface area contributed by atoms with Crippen molar-refractivity contribution in [3.63, 3.8) is 0 Å². The third kappa shape index (κ3) is 5.39. The summed E-state index contributed by atoms with van der Waals surface area (Å²) in [4.78, 5) is 0. The number of nitrogens with one attached hydrogen (secondary N) is 1. The van der Waals surface area contributed by atoms with Crippen LogP contribution in [-0.4, -0.2) is 19.1 Å². The number of hydrogen-bond acceptors (Lipinski definition) is 2. The van der Waals surface area contributed by atoms with Crippen LogP contribution in [0.2, 0.25) is 0 Å². The molecule has 0 aliphatic heterocycles. The maximum absolute atomic E-state index is 5.93. The van der Waals surface area contributed by atoms with E-state index in [1.54, 1.807) is 0 Å². The average molecular weight is 240 g/mol. The largest absolute Gasteiger partial charge is 0.328 e. The van der Waals surface area contributed by atoms with Gasteiger partial charge in [0.2, 0.25) is 0 Å². The molecule has 3 N–H and O–H groups in total. The molecule has 1 aliphatic carbocycles. The molecule has 0 aromatic rings. The molecule has 0 aromatic heterocycles. The first-order valence-electron chi connectivity index (χ1n) is 7.47. The van der Waals surface area contributed by atoms with Crippen molar-refractivity contribution in [3.05, 3.63) is 0 Å². The Kier molecular flexibility index (Phi) is 6.50. The summed E-state index contributed by atoms with van der Waals surface area (Å²) in [5.41, 5.74) is 5.93. The van der Waals surface area contributed by atoms with Crippen LogP contribution in [0.4, 0.5) is 0 Å². The molecule has 0 bridgehead atoms. The topological polar surface area (TPSA) is 38.0 Å². The Morgan fingerprint density at radius 3 is 2.00 bits per heavy atom. The normalized spacial score (nSPS) is 26.1. The highest BCUT2D eigenvalue weighted by Crippen LogP contribution is 2.23. The highest BCUT2D eigenvalue weighted by molar-refractivity contribution is 4.77. The van der Waals surface area contributed by atoms with Gasteiger partial charge in [-0.25, -0.2) is 0 Å². The third-order valence-corrected chi connectivity index (χ3v) is 4.42. The number of rotatable bonds is 6. The molecule has 1 rings (SSSR count). The predicted octanol–water partition coefficient (Wildman–Crippen LogP) is 3.02. The standard InChI is InChI=1S/C15H32N2/c1-11(2)15(12(3)4)10-17-9-13-5-7-14(16)8-6-13/h11-15,17H,5-10,16H2,1-4H3. The van der Waals surface area contributed by atoms with Gasteiger partial charge in [-0.1, -0.05) is 27.7 Å². The smallest absolute Gasteiger partial charge is 0.00390 e. The molecular formula is C15H32N2. The molecule has 0 spiro atoms. The minimum Gasteiger partial charge on any atom is -0.328 e. The van der Waals surface area contributed by atoms with Crippen molar-refractivity contribution in [2.75, 3.05) is 13.1 Å². The summed E-state index contributed by atoms with van der Waals surface area (Å²) in [6.07, 6.45) is 5.10. The lowest BCUT2D eigenvalue weighted by Crippen LogP contribution is -2.35. The van der Waals surface area contributed by atoms with Gasteiger partial charge in [-0.15, -0.1) is 0 Å². The lowest BCUT2D eigenvalue weighted by atomic mass is 9.84. The Labute approximate surface area is 108 Å². The van der Waals surface area contributed by atoms with Gasteiger partial charge in [0, 0.05) is 6.04 Å². The first kappa shape index (κ1) is 15.0. The Balaban J connectivity index is 2.18. The van der Waals surface area contributed by atoms with Crippen LogP contribution in [0.15, 0.2) is 0 Å². The van der Waals surface area contributed by atoms with Gasteiger partial charge in [0.05, 0.1) is 0 Å². The van der Waals surface area contributed by atoms with E-state index in [0.29, 0.717) is 6.04 Å². The van der Waals surface area contributed by atoms with E-state index in [-0.39, 0.29) is 0 Å². The van der Waals surface area contributed by atoms with Crippen molar-refractivity contribution in [2.24, 2.45) is 29.4 Å². The van der Waals surface area contributed by atoms with Gasteiger partial charge in [-0.2, -0.15) is 0 Å². The summed E-state index contributed by atoms with van der Waals surface area (Å²) in [7, 11) is 0. The molecule has 0 unspecified atom stereocenters. The van der Waals surface area contributed by atoms with Crippen LogP contribution in [0.25, 0.3) is 0 Å². The summed E-state index contributed by atoms with van der Waals surface area (Å²) in [5.74, 6) is 3.24. The average Bonchev–Trinajstić information content (AvgIpc) is 2.25. The predicted molar refractivity (Wildman–Crippen MR) is 76.0 cm³/mol. The number of nitrogens with two attached hydrogens (primary N) is 1. The van der Waals surface area contributed by atoms with Gasteiger partial charge in [0.25, 0.3) is 0 Å². The summed E-state index contributed by atoms with van der Waals surface area (Å²) in [5, 5.41) is 3.69. The van der Waals surface area contributed by atoms with Gasteiger partial charge in [-0.3, -0.25) is 0 Å². The molecule has 2 nitrogen and oxygen atoms in total. The third-order valence-electron chi connectivity index (χ3n) is 4.42. The van der Waals surface area contributed by atoms with Crippen LogP contribution < -0.4 is 11.1 Å². The van der Waals surface area contributed by atoms with Crippen molar-refractivity contribution >= 4 is 0 Å². The van der Waals surface area contributed by atoms with Crippen LogP contribution in [0.5, 0.6) is 0 Å². The zero-order valence-corrected chi connectivity index (χ0v) is 12.2. The summed E-state index contributed by atoms with van der Waals surface area (Å²) in [6.45, 7) is 11.7. The molecule has 0 saturated heterocycles. The second-order valence-corrected chi connectivity index (χ2v) is 6.59. The van der Waals surface area contributed by atoms with Gasteiger partial charge in [0.15, 0.2) is 0 Å². The fourth-order valence-electron chi connectivity index (χ4n) is 3.09. The maximum Gasteiger partial charge on any atom is 0.00390 e. The zero-order valence-electron chi connectivity index (χ0n) is 12.2. The summed E-state index contributed by atoms with van der Waals surface area (Å²) >= 11 is 0. The number of hydrogen-bond donors (Lipinski definition) is 2. The maximum atomic E-state index is 5.93. The highest BCUT2D eigenvalue weighted by atomic mass is 14.9. The lowest BCUT2D eigenvalue weighted by molar-refractivity contribution is 0.256. The molecule has 102 valence electrons. The van der Waals surface area contributed by atoms with Crippen LogP contribution in [0.3, 0.4) is 0 Å². The van der Waals surface area contributed by atoms with Crippen molar-refractivity contribution in [1.82, 2.24) is 5.32 Å². The van der Waals surface area contributed by atoms with Crippen molar-refractivity contribution in [3.8, 4) is 0 Å². The Morgan fingerprint density at radius 2 is 1.53 bits per heavy atom. The molecule has 0 heterocycles. The van der Waals surface area contributed by atoms with Crippen molar-refractivity contribution in [2.45, 2.75) is 59.4 Å². The van der Waals surface area contributed by atoms with E-state index in [1.807, 2.05) is 0 Å². The summed E-state index contributed by atoms with van der Waals surface area (Å²) < 4.78 is 0. The first-order valence-corrected chi connectivity index (χ1v) is 7.47. The van der Waals surface area contributed by atoms with Gasteiger partial charge < -0.3 is 11.1 Å². The molecular weight excluding hydrogens is 208 g/mol. The SMILES string of the molecule is CC(C)C(CNCC1CCC(N)CC1)C(C)C. The highest BCUT2D eigenvalue weighted by Gasteiger charge is 2.20. The lowest BCUT2D eigenvalue weighted by Gasteiger charge is -2.29. The molecule has 1 saturated carbocycles. The fourth-order valence-corrected chi connectivity index (χ4v) is 3.09. The van der Waals surface area contributed by atoms with E-state index >= 15 is 0 Å². The fraction of sp³-hybridized carbons (Fsp3) is 1.00.